The number of imide groups is 1. The summed E-state index contributed by atoms with van der Waals surface area (Å²) >= 11 is 0. The Kier molecular flexibility index (Phi) is 3.34. The number of carbonyl (C=O) groups is 2. The molecule has 1 saturated heterocycles. The first kappa shape index (κ1) is 13.0. The van der Waals surface area contributed by atoms with Crippen LogP contribution in [-0.2, 0) is 11.2 Å². The van der Waals surface area contributed by atoms with Crippen molar-refractivity contribution in [2.45, 2.75) is 25.8 Å². The maximum Gasteiger partial charge on any atom is 0.324 e. The average molecular weight is 273 g/mol. The summed E-state index contributed by atoms with van der Waals surface area (Å²) in [4.78, 5) is 26.6. The Bertz CT molecular complexity index is 528. The molecule has 1 unspecified atom stereocenters. The molecular weight excluding hydrogens is 254 g/mol. The molecule has 106 valence electrons. The number of urea groups is 1. The van der Waals surface area contributed by atoms with Crippen LogP contribution < -0.4 is 10.2 Å². The van der Waals surface area contributed by atoms with Crippen LogP contribution in [-0.4, -0.2) is 42.5 Å². The number of carbonyl (C=O) groups excluding carboxylic acids is 2. The van der Waals surface area contributed by atoms with Gasteiger partial charge in [-0.2, -0.15) is 0 Å². The van der Waals surface area contributed by atoms with E-state index in [0.29, 0.717) is 12.6 Å². The normalized spacial score (nSPS) is 21.4. The Labute approximate surface area is 118 Å². The Morgan fingerprint density at radius 1 is 1.25 bits per heavy atom. The third-order valence-electron chi connectivity index (χ3n) is 4.07. The van der Waals surface area contributed by atoms with Crippen LogP contribution in [0.4, 0.5) is 10.5 Å². The lowest BCUT2D eigenvalue weighted by molar-refractivity contribution is -0.125. The Balaban J connectivity index is 1.59. The van der Waals surface area contributed by atoms with Gasteiger partial charge in [0.25, 0.3) is 0 Å². The smallest absolute Gasteiger partial charge is 0.324 e. The fraction of sp³-hybridized carbons (Fsp3) is 0.467. The van der Waals surface area contributed by atoms with E-state index >= 15 is 0 Å². The molecule has 0 aromatic heterocycles. The van der Waals surface area contributed by atoms with Crippen LogP contribution in [0.1, 0.15) is 18.9 Å². The number of fused-ring (bicyclic) bond motifs is 1. The molecule has 2 heterocycles. The van der Waals surface area contributed by atoms with E-state index in [4.69, 9.17) is 0 Å². The fourth-order valence-corrected chi connectivity index (χ4v) is 3.05. The molecule has 3 amide bonds. The quantitative estimate of drug-likeness (QED) is 0.843. The van der Waals surface area contributed by atoms with Crippen LogP contribution in [0.3, 0.4) is 0 Å². The number of benzene rings is 1. The largest absolute Gasteiger partial charge is 0.368 e. The molecule has 5 heteroatoms. The molecule has 0 aliphatic carbocycles. The minimum atomic E-state index is -0.259. The number of rotatable bonds is 4. The van der Waals surface area contributed by atoms with Gasteiger partial charge < -0.3 is 10.2 Å². The van der Waals surface area contributed by atoms with Crippen LogP contribution in [0.15, 0.2) is 24.3 Å². The Hall–Kier alpha value is -2.04. The summed E-state index contributed by atoms with van der Waals surface area (Å²) in [6.07, 6.45) is 1.87. The average Bonchev–Trinajstić information content (AvgIpc) is 2.92. The predicted octanol–water partition coefficient (Wildman–Crippen LogP) is 1.38. The summed E-state index contributed by atoms with van der Waals surface area (Å²) in [6.45, 7) is 3.72. The zero-order chi connectivity index (χ0) is 14.1. The predicted molar refractivity (Wildman–Crippen MR) is 76.7 cm³/mol. The van der Waals surface area contributed by atoms with Crippen LogP contribution in [0.5, 0.6) is 0 Å². The minimum Gasteiger partial charge on any atom is -0.368 e. The molecule has 5 nitrogen and oxygen atoms in total. The molecule has 20 heavy (non-hydrogen) atoms. The van der Waals surface area contributed by atoms with Crippen molar-refractivity contribution in [2.24, 2.45) is 0 Å². The molecule has 0 spiro atoms. The summed E-state index contributed by atoms with van der Waals surface area (Å²) in [5.41, 5.74) is 2.67. The maximum atomic E-state index is 11.5. The molecule has 1 fully saturated rings. The van der Waals surface area contributed by atoms with Gasteiger partial charge in [-0.05, 0) is 31.4 Å². The van der Waals surface area contributed by atoms with Crippen molar-refractivity contribution in [2.75, 3.05) is 24.5 Å². The highest BCUT2D eigenvalue weighted by molar-refractivity contribution is 6.01. The van der Waals surface area contributed by atoms with E-state index in [1.54, 1.807) is 0 Å². The second kappa shape index (κ2) is 5.15. The highest BCUT2D eigenvalue weighted by Crippen LogP contribution is 2.31. The van der Waals surface area contributed by atoms with Gasteiger partial charge in [0.05, 0.1) is 6.54 Å². The number of nitrogens with zero attached hydrogens (tertiary/aromatic N) is 2. The summed E-state index contributed by atoms with van der Waals surface area (Å²) < 4.78 is 0. The number of anilines is 1. The number of amides is 3. The van der Waals surface area contributed by atoms with E-state index in [0.717, 1.165) is 19.4 Å². The molecule has 1 N–H and O–H groups in total. The third kappa shape index (κ3) is 2.24. The van der Waals surface area contributed by atoms with E-state index < -0.39 is 0 Å². The summed E-state index contributed by atoms with van der Waals surface area (Å²) in [5.74, 6) is -0.120. The van der Waals surface area contributed by atoms with Crippen LogP contribution >= 0.6 is 0 Å². The molecule has 1 atom stereocenters. The van der Waals surface area contributed by atoms with Gasteiger partial charge in [-0.3, -0.25) is 9.69 Å². The molecule has 2 aliphatic rings. The van der Waals surface area contributed by atoms with Gasteiger partial charge in [0.15, 0.2) is 0 Å². The molecular formula is C15H19N3O2. The van der Waals surface area contributed by atoms with Gasteiger partial charge in [-0.15, -0.1) is 0 Å². The minimum absolute atomic E-state index is 0.120. The van der Waals surface area contributed by atoms with Crippen molar-refractivity contribution in [1.82, 2.24) is 10.2 Å². The van der Waals surface area contributed by atoms with Crippen molar-refractivity contribution in [3.05, 3.63) is 29.8 Å². The lowest BCUT2D eigenvalue weighted by atomic mass is 10.1. The molecule has 2 aliphatic heterocycles. The van der Waals surface area contributed by atoms with E-state index in [2.05, 4.69) is 41.4 Å². The molecule has 3 rings (SSSR count). The molecule has 1 aromatic rings. The lowest BCUT2D eigenvalue weighted by Gasteiger charge is -2.25. The zero-order valence-electron chi connectivity index (χ0n) is 11.6. The van der Waals surface area contributed by atoms with Crippen molar-refractivity contribution >= 4 is 17.6 Å². The van der Waals surface area contributed by atoms with Crippen molar-refractivity contribution in [3.8, 4) is 0 Å². The van der Waals surface area contributed by atoms with Crippen molar-refractivity contribution in [1.29, 1.82) is 0 Å². The van der Waals surface area contributed by atoms with Gasteiger partial charge >= 0.3 is 6.03 Å². The second-order valence-corrected chi connectivity index (χ2v) is 5.43. The highest BCUT2D eigenvalue weighted by atomic mass is 16.2. The monoisotopic (exact) mass is 273 g/mol. The molecule has 0 radical (unpaired) electrons. The number of hydrogen-bond donors (Lipinski definition) is 1. The summed E-state index contributed by atoms with van der Waals surface area (Å²) in [7, 11) is 0. The van der Waals surface area contributed by atoms with E-state index in [9.17, 15) is 9.59 Å². The first-order valence-electron chi connectivity index (χ1n) is 7.09. The lowest BCUT2D eigenvalue weighted by Crippen LogP contribution is -2.36. The number of hydrogen-bond acceptors (Lipinski definition) is 3. The fourth-order valence-electron chi connectivity index (χ4n) is 3.05. The third-order valence-corrected chi connectivity index (χ3v) is 4.07. The molecule has 0 saturated carbocycles. The van der Waals surface area contributed by atoms with E-state index in [1.165, 1.54) is 16.2 Å². The zero-order valence-corrected chi connectivity index (χ0v) is 11.6. The highest BCUT2D eigenvalue weighted by Gasteiger charge is 2.29. The SMILES string of the molecule is CC1Cc2ccccc2N1CCCN1C(=O)CNC1=O. The number of nitrogens with one attached hydrogen (secondary N) is 1. The summed E-state index contributed by atoms with van der Waals surface area (Å²) in [5, 5.41) is 2.55. The second-order valence-electron chi connectivity index (χ2n) is 5.43. The standard InChI is InChI=1S/C15H19N3O2/c1-11-9-12-5-2-3-6-13(12)17(11)7-4-8-18-14(19)10-16-15(18)20/h2-3,5-6,11H,4,7-10H2,1H3,(H,16,20). The Morgan fingerprint density at radius 3 is 2.80 bits per heavy atom. The first-order chi connectivity index (χ1) is 9.66. The number of para-hydroxylation sites is 1. The van der Waals surface area contributed by atoms with Crippen molar-refractivity contribution in [3.63, 3.8) is 0 Å². The topological polar surface area (TPSA) is 52.6 Å². The maximum absolute atomic E-state index is 11.5. The van der Waals surface area contributed by atoms with Gasteiger partial charge in [0, 0.05) is 24.8 Å². The van der Waals surface area contributed by atoms with Gasteiger partial charge in [0.2, 0.25) is 5.91 Å². The van der Waals surface area contributed by atoms with Crippen LogP contribution in [0.25, 0.3) is 0 Å². The molecule has 0 bridgehead atoms. The van der Waals surface area contributed by atoms with E-state index in [1.807, 2.05) is 0 Å². The first-order valence-corrected chi connectivity index (χ1v) is 7.09. The van der Waals surface area contributed by atoms with Gasteiger partial charge in [-0.1, -0.05) is 18.2 Å². The van der Waals surface area contributed by atoms with Crippen LogP contribution in [0, 0.1) is 0 Å². The molecule has 1 aromatic carbocycles. The van der Waals surface area contributed by atoms with Crippen molar-refractivity contribution < 1.29 is 9.59 Å². The van der Waals surface area contributed by atoms with Crippen LogP contribution in [0.2, 0.25) is 0 Å². The van der Waals surface area contributed by atoms with Gasteiger partial charge in [-0.25, -0.2) is 4.79 Å². The van der Waals surface area contributed by atoms with Gasteiger partial charge in [0.1, 0.15) is 0 Å². The summed E-state index contributed by atoms with van der Waals surface area (Å²) in [6, 6.07) is 8.67. The Morgan fingerprint density at radius 2 is 2.05 bits per heavy atom. The van der Waals surface area contributed by atoms with E-state index in [-0.39, 0.29) is 18.5 Å².